The van der Waals surface area contributed by atoms with E-state index in [0.717, 1.165) is 0 Å². The van der Waals surface area contributed by atoms with Crippen molar-refractivity contribution in [2.75, 3.05) is 7.11 Å². The third kappa shape index (κ3) is 2.88. The van der Waals surface area contributed by atoms with Crippen LogP contribution >= 0.6 is 0 Å². The molecule has 0 spiro atoms. The Bertz CT molecular complexity index is 625. The number of carboxylic acids is 1. The summed E-state index contributed by atoms with van der Waals surface area (Å²) >= 11 is 0. The first-order valence-corrected chi connectivity index (χ1v) is 7.17. The van der Waals surface area contributed by atoms with E-state index >= 15 is 0 Å². The summed E-state index contributed by atoms with van der Waals surface area (Å²) in [5, 5.41) is 8.27. The number of methoxy groups -OCH3 is 1. The lowest BCUT2D eigenvalue weighted by Crippen LogP contribution is -2.17. The summed E-state index contributed by atoms with van der Waals surface area (Å²) in [6.45, 7) is 0. The van der Waals surface area contributed by atoms with Crippen LogP contribution in [0.5, 0.6) is 5.75 Å². The maximum Gasteiger partial charge on any atom is 0.324 e. The van der Waals surface area contributed by atoms with Crippen LogP contribution in [-0.4, -0.2) is 22.4 Å². The summed E-state index contributed by atoms with van der Waals surface area (Å²) in [7, 11) is -0.272. The van der Waals surface area contributed by atoms with E-state index < -0.39 is 22.0 Å². The van der Waals surface area contributed by atoms with Crippen LogP contribution in [-0.2, 0) is 15.6 Å². The molecule has 0 saturated carbocycles. The predicted molar refractivity (Wildman–Crippen MR) is 76.2 cm³/mol. The van der Waals surface area contributed by atoms with Gasteiger partial charge < -0.3 is 9.84 Å². The van der Waals surface area contributed by atoms with Crippen molar-refractivity contribution < 1.29 is 18.8 Å². The molecule has 0 fully saturated rings. The van der Waals surface area contributed by atoms with Crippen molar-refractivity contribution in [2.24, 2.45) is 0 Å². The van der Waals surface area contributed by atoms with Gasteiger partial charge in [-0.1, -0.05) is 42.5 Å². The van der Waals surface area contributed by atoms with E-state index in [1.807, 2.05) is 0 Å². The molecule has 104 valence electrons. The third-order valence-corrected chi connectivity index (χ3v) is 4.50. The summed E-state index contributed by atoms with van der Waals surface area (Å²) in [5.74, 6) is -0.701. The molecule has 20 heavy (non-hydrogen) atoms. The summed E-state index contributed by atoms with van der Waals surface area (Å²) in [6, 6.07) is 15.3. The molecule has 0 aliphatic rings. The fourth-order valence-corrected chi connectivity index (χ4v) is 3.30. The molecule has 0 heterocycles. The van der Waals surface area contributed by atoms with Gasteiger partial charge in [0.05, 0.1) is 22.8 Å². The Labute approximate surface area is 119 Å². The van der Waals surface area contributed by atoms with Crippen molar-refractivity contribution in [2.45, 2.75) is 10.1 Å². The first kappa shape index (κ1) is 14.3. The van der Waals surface area contributed by atoms with E-state index in [4.69, 9.17) is 4.74 Å². The Morgan fingerprint density at radius 3 is 2.30 bits per heavy atom. The highest BCUT2D eigenvalue weighted by atomic mass is 32.2. The molecular weight excluding hydrogens is 276 g/mol. The molecule has 1 N–H and O–H groups in total. The number of aliphatic carboxylic acids is 1. The highest BCUT2D eigenvalue weighted by Gasteiger charge is 2.29. The van der Waals surface area contributed by atoms with Gasteiger partial charge in [0, 0.05) is 0 Å². The molecule has 0 aliphatic carbocycles. The summed E-state index contributed by atoms with van der Waals surface area (Å²) < 4.78 is 17.8. The first-order chi connectivity index (χ1) is 9.65. The minimum absolute atomic E-state index is 0.381. The number of ether oxygens (including phenoxy) is 1. The molecule has 4 nitrogen and oxygen atoms in total. The van der Waals surface area contributed by atoms with Gasteiger partial charge in [0.15, 0.2) is 5.25 Å². The van der Waals surface area contributed by atoms with E-state index in [1.54, 1.807) is 54.6 Å². The van der Waals surface area contributed by atoms with Gasteiger partial charge in [0.25, 0.3) is 0 Å². The Balaban J connectivity index is 2.45. The van der Waals surface area contributed by atoms with Gasteiger partial charge in [0.2, 0.25) is 0 Å². The van der Waals surface area contributed by atoms with Crippen molar-refractivity contribution in [1.82, 2.24) is 0 Å². The Kier molecular flexibility index (Phi) is 4.53. The van der Waals surface area contributed by atoms with Crippen LogP contribution in [0.3, 0.4) is 0 Å². The molecule has 0 aromatic heterocycles. The second-order valence-electron chi connectivity index (χ2n) is 4.08. The highest BCUT2D eigenvalue weighted by Crippen LogP contribution is 2.30. The number of hydrogen-bond donors (Lipinski definition) is 1. The van der Waals surface area contributed by atoms with E-state index in [0.29, 0.717) is 16.2 Å². The molecule has 2 aromatic rings. The van der Waals surface area contributed by atoms with Crippen LogP contribution in [0.1, 0.15) is 10.8 Å². The molecule has 2 unspecified atom stereocenters. The van der Waals surface area contributed by atoms with Gasteiger partial charge in [0.1, 0.15) is 5.75 Å². The maximum absolute atomic E-state index is 12.6. The van der Waals surface area contributed by atoms with Crippen LogP contribution < -0.4 is 4.74 Å². The molecule has 2 atom stereocenters. The minimum Gasteiger partial charge on any atom is -0.495 e. The average Bonchev–Trinajstić information content (AvgIpc) is 2.48. The van der Waals surface area contributed by atoms with E-state index in [9.17, 15) is 14.1 Å². The zero-order chi connectivity index (χ0) is 14.5. The molecule has 2 aromatic carbocycles. The van der Waals surface area contributed by atoms with Crippen molar-refractivity contribution in [3.63, 3.8) is 0 Å². The molecule has 0 amide bonds. The predicted octanol–water partition coefficient (Wildman–Crippen LogP) is 2.63. The monoisotopic (exact) mass is 290 g/mol. The van der Waals surface area contributed by atoms with Gasteiger partial charge in [-0.15, -0.1) is 0 Å². The third-order valence-electron chi connectivity index (χ3n) is 2.83. The normalized spacial score (nSPS) is 13.4. The molecule has 0 aliphatic heterocycles. The Hall–Kier alpha value is -2.14. The van der Waals surface area contributed by atoms with Crippen molar-refractivity contribution in [3.05, 3.63) is 60.2 Å². The highest BCUT2D eigenvalue weighted by molar-refractivity contribution is 7.86. The van der Waals surface area contributed by atoms with Gasteiger partial charge in [-0.25, -0.2) is 0 Å². The second-order valence-corrected chi connectivity index (χ2v) is 5.58. The standard InChI is InChI=1S/C15H14O4S/c1-19-12-9-5-6-10-13(12)20(18)14(15(16)17)11-7-3-2-4-8-11/h2-10,14H,1H3,(H,16,17). The van der Waals surface area contributed by atoms with Crippen molar-refractivity contribution >= 4 is 16.8 Å². The number of benzene rings is 2. The molecule has 0 radical (unpaired) electrons. The van der Waals surface area contributed by atoms with Crippen LogP contribution in [0.4, 0.5) is 0 Å². The zero-order valence-electron chi connectivity index (χ0n) is 10.9. The molecule has 0 saturated heterocycles. The second kappa shape index (κ2) is 6.34. The Morgan fingerprint density at radius 1 is 1.10 bits per heavy atom. The summed E-state index contributed by atoms with van der Waals surface area (Å²) in [5.41, 5.74) is 0.504. The topological polar surface area (TPSA) is 63.6 Å². The SMILES string of the molecule is COc1ccccc1S(=O)C(C(=O)O)c1ccccc1. The summed E-state index contributed by atoms with van der Waals surface area (Å²) in [4.78, 5) is 11.9. The van der Waals surface area contributed by atoms with Gasteiger partial charge in [-0.2, -0.15) is 0 Å². The number of hydrogen-bond acceptors (Lipinski definition) is 3. The lowest BCUT2D eigenvalue weighted by Gasteiger charge is -2.14. The first-order valence-electron chi connectivity index (χ1n) is 5.96. The fourth-order valence-electron chi connectivity index (χ4n) is 1.90. The van der Waals surface area contributed by atoms with E-state index in [1.165, 1.54) is 7.11 Å². The van der Waals surface area contributed by atoms with Gasteiger partial charge in [-0.3, -0.25) is 9.00 Å². The quantitative estimate of drug-likeness (QED) is 0.919. The average molecular weight is 290 g/mol. The van der Waals surface area contributed by atoms with Crippen LogP contribution in [0, 0.1) is 0 Å². The van der Waals surface area contributed by atoms with Crippen molar-refractivity contribution in [3.8, 4) is 5.75 Å². The number of carboxylic acid groups (broad SMARTS) is 1. The molecule has 0 bridgehead atoms. The fraction of sp³-hybridized carbons (Fsp3) is 0.133. The molecular formula is C15H14O4S. The van der Waals surface area contributed by atoms with E-state index in [-0.39, 0.29) is 0 Å². The molecule has 2 rings (SSSR count). The Morgan fingerprint density at radius 2 is 1.70 bits per heavy atom. The number of para-hydroxylation sites is 1. The van der Waals surface area contributed by atoms with Crippen molar-refractivity contribution in [1.29, 1.82) is 0 Å². The zero-order valence-corrected chi connectivity index (χ0v) is 11.7. The van der Waals surface area contributed by atoms with E-state index in [2.05, 4.69) is 0 Å². The smallest absolute Gasteiger partial charge is 0.324 e. The number of carbonyl (C=O) groups is 1. The van der Waals surface area contributed by atoms with Gasteiger partial charge in [-0.05, 0) is 17.7 Å². The van der Waals surface area contributed by atoms with Gasteiger partial charge >= 0.3 is 5.97 Å². The largest absolute Gasteiger partial charge is 0.495 e. The number of rotatable bonds is 5. The van der Waals surface area contributed by atoms with Crippen LogP contribution in [0.25, 0.3) is 0 Å². The lowest BCUT2D eigenvalue weighted by molar-refractivity contribution is -0.136. The van der Waals surface area contributed by atoms with Crippen LogP contribution in [0.2, 0.25) is 0 Å². The summed E-state index contributed by atoms with van der Waals surface area (Å²) in [6.07, 6.45) is 0. The molecule has 5 heteroatoms. The lowest BCUT2D eigenvalue weighted by atomic mass is 10.1. The van der Waals surface area contributed by atoms with Crippen LogP contribution in [0.15, 0.2) is 59.5 Å². The maximum atomic E-state index is 12.6. The minimum atomic E-state index is -1.74.